The zero-order valence-corrected chi connectivity index (χ0v) is 17.9. The van der Waals surface area contributed by atoms with E-state index in [2.05, 4.69) is 45.2 Å². The van der Waals surface area contributed by atoms with Crippen LogP contribution in [0.1, 0.15) is 29.5 Å². The second kappa shape index (κ2) is 8.59. The second-order valence-electron chi connectivity index (χ2n) is 8.56. The Labute approximate surface area is 181 Å². The summed E-state index contributed by atoms with van der Waals surface area (Å²) in [6.45, 7) is 5.09. The lowest BCUT2D eigenvalue weighted by atomic mass is 9.98. The number of hydrogen-bond donors (Lipinski definition) is 0. The van der Waals surface area contributed by atoms with Gasteiger partial charge in [-0.15, -0.1) is 0 Å². The van der Waals surface area contributed by atoms with Crippen LogP contribution in [0, 0.1) is 5.92 Å². The SMILES string of the molecule is Cn1nccc1N1CCC(COc2coc(=O)cc2CN2Cc3ccccc3C2)CC1. The fourth-order valence-corrected chi connectivity index (χ4v) is 4.65. The number of aromatic nitrogens is 2. The molecule has 0 N–H and O–H groups in total. The van der Waals surface area contributed by atoms with Crippen molar-refractivity contribution in [1.82, 2.24) is 14.7 Å². The van der Waals surface area contributed by atoms with E-state index >= 15 is 0 Å². The van der Waals surface area contributed by atoms with E-state index in [0.717, 1.165) is 50.4 Å². The van der Waals surface area contributed by atoms with E-state index in [4.69, 9.17) is 9.15 Å². The Morgan fingerprint density at radius 1 is 1.13 bits per heavy atom. The molecule has 7 heteroatoms. The molecule has 0 atom stereocenters. The number of ether oxygens (including phenoxy) is 1. The predicted molar refractivity (Wildman–Crippen MR) is 118 cm³/mol. The third-order valence-corrected chi connectivity index (χ3v) is 6.40. The van der Waals surface area contributed by atoms with E-state index in [0.29, 0.717) is 24.8 Å². The van der Waals surface area contributed by atoms with Crippen molar-refractivity contribution in [2.75, 3.05) is 24.6 Å². The normalized spacial score (nSPS) is 17.1. The van der Waals surface area contributed by atoms with Crippen LogP contribution in [0.3, 0.4) is 0 Å². The first kappa shape index (κ1) is 19.9. The Bertz CT molecular complexity index is 1070. The van der Waals surface area contributed by atoms with Crippen molar-refractivity contribution >= 4 is 5.82 Å². The highest BCUT2D eigenvalue weighted by molar-refractivity contribution is 5.38. The Kier molecular flexibility index (Phi) is 5.51. The molecule has 3 aromatic rings. The van der Waals surface area contributed by atoms with Crippen LogP contribution in [0.5, 0.6) is 5.75 Å². The molecule has 7 nitrogen and oxygen atoms in total. The Morgan fingerprint density at radius 2 is 1.87 bits per heavy atom. The summed E-state index contributed by atoms with van der Waals surface area (Å²) < 4.78 is 13.2. The molecule has 2 aliphatic rings. The smallest absolute Gasteiger partial charge is 0.336 e. The maximum Gasteiger partial charge on any atom is 0.336 e. The summed E-state index contributed by atoms with van der Waals surface area (Å²) in [6.07, 6.45) is 5.46. The minimum atomic E-state index is -0.330. The van der Waals surface area contributed by atoms with Gasteiger partial charge in [-0.3, -0.25) is 9.58 Å². The Hall–Kier alpha value is -3.06. The van der Waals surface area contributed by atoms with Crippen molar-refractivity contribution in [3.05, 3.63) is 76.0 Å². The molecule has 5 rings (SSSR count). The highest BCUT2D eigenvalue weighted by Crippen LogP contribution is 2.28. The molecule has 0 bridgehead atoms. The van der Waals surface area contributed by atoms with Crippen molar-refractivity contribution < 1.29 is 9.15 Å². The van der Waals surface area contributed by atoms with Gasteiger partial charge in [0.2, 0.25) is 0 Å². The van der Waals surface area contributed by atoms with Gasteiger partial charge >= 0.3 is 5.63 Å². The van der Waals surface area contributed by atoms with Gasteiger partial charge < -0.3 is 14.1 Å². The standard InChI is InChI=1S/C24H28N4O3/c1-26-23(6-9-25-26)28-10-7-18(8-11-28)16-30-22-17-31-24(29)12-21(22)15-27-13-19-4-2-3-5-20(19)14-27/h2-6,9,12,17-18H,7-8,10-11,13-16H2,1H3. The van der Waals surface area contributed by atoms with Crippen molar-refractivity contribution in [2.45, 2.75) is 32.5 Å². The molecule has 1 fully saturated rings. The molecule has 0 amide bonds. The number of hydrogen-bond acceptors (Lipinski definition) is 6. The monoisotopic (exact) mass is 420 g/mol. The van der Waals surface area contributed by atoms with Gasteiger partial charge in [0.1, 0.15) is 12.1 Å². The molecule has 0 spiro atoms. The molecular formula is C24H28N4O3. The molecule has 2 aliphatic heterocycles. The molecule has 0 saturated carbocycles. The number of anilines is 1. The van der Waals surface area contributed by atoms with E-state index < -0.39 is 0 Å². The number of benzene rings is 1. The zero-order chi connectivity index (χ0) is 21.2. The van der Waals surface area contributed by atoms with E-state index in [1.165, 1.54) is 17.4 Å². The lowest BCUT2D eigenvalue weighted by Crippen LogP contribution is -2.36. The van der Waals surface area contributed by atoms with Crippen LogP contribution in [-0.2, 0) is 26.7 Å². The Balaban J connectivity index is 1.19. The number of fused-ring (bicyclic) bond motifs is 1. The average molecular weight is 421 g/mol. The largest absolute Gasteiger partial charge is 0.490 e. The Morgan fingerprint density at radius 3 is 2.55 bits per heavy atom. The maximum absolute atomic E-state index is 11.9. The van der Waals surface area contributed by atoms with Gasteiger partial charge in [-0.1, -0.05) is 24.3 Å². The molecule has 0 aliphatic carbocycles. The lowest BCUT2D eigenvalue weighted by molar-refractivity contribution is 0.208. The van der Waals surface area contributed by atoms with E-state index in [9.17, 15) is 4.79 Å². The molecule has 31 heavy (non-hydrogen) atoms. The number of piperidine rings is 1. The topological polar surface area (TPSA) is 63.7 Å². The summed E-state index contributed by atoms with van der Waals surface area (Å²) in [4.78, 5) is 16.6. The van der Waals surface area contributed by atoms with Crippen LogP contribution in [0.4, 0.5) is 5.82 Å². The highest BCUT2D eigenvalue weighted by atomic mass is 16.5. The zero-order valence-electron chi connectivity index (χ0n) is 17.9. The van der Waals surface area contributed by atoms with Gasteiger partial charge in [-0.05, 0) is 29.9 Å². The van der Waals surface area contributed by atoms with E-state index in [1.807, 2.05) is 17.9 Å². The van der Waals surface area contributed by atoms with Gasteiger partial charge in [0.25, 0.3) is 0 Å². The molecule has 0 unspecified atom stereocenters. The van der Waals surface area contributed by atoms with Gasteiger partial charge in [0, 0.05) is 57.5 Å². The highest BCUT2D eigenvalue weighted by Gasteiger charge is 2.23. The quantitative estimate of drug-likeness (QED) is 0.610. The third-order valence-electron chi connectivity index (χ3n) is 6.40. The molecule has 1 saturated heterocycles. The van der Waals surface area contributed by atoms with Crippen molar-refractivity contribution in [2.24, 2.45) is 13.0 Å². The predicted octanol–water partition coefficient (Wildman–Crippen LogP) is 3.18. The van der Waals surface area contributed by atoms with Crippen LogP contribution >= 0.6 is 0 Å². The molecule has 1 aromatic carbocycles. The van der Waals surface area contributed by atoms with E-state index in [1.54, 1.807) is 6.07 Å². The van der Waals surface area contributed by atoms with E-state index in [-0.39, 0.29) is 5.63 Å². The summed E-state index contributed by atoms with van der Waals surface area (Å²) in [5.41, 5.74) is 3.28. The molecular weight excluding hydrogens is 392 g/mol. The van der Waals surface area contributed by atoms with Gasteiger partial charge in [-0.2, -0.15) is 5.10 Å². The molecule has 2 aromatic heterocycles. The fraction of sp³-hybridized carbons (Fsp3) is 0.417. The minimum absolute atomic E-state index is 0.330. The van der Waals surface area contributed by atoms with Crippen LogP contribution < -0.4 is 15.3 Å². The summed E-state index contributed by atoms with van der Waals surface area (Å²) >= 11 is 0. The van der Waals surface area contributed by atoms with Crippen LogP contribution in [0.2, 0.25) is 0 Å². The summed E-state index contributed by atoms with van der Waals surface area (Å²) in [7, 11) is 1.98. The van der Waals surface area contributed by atoms with Crippen LogP contribution in [-0.4, -0.2) is 34.4 Å². The second-order valence-corrected chi connectivity index (χ2v) is 8.56. The average Bonchev–Trinajstić information content (AvgIpc) is 3.39. The first-order valence-electron chi connectivity index (χ1n) is 10.9. The lowest BCUT2D eigenvalue weighted by Gasteiger charge is -2.33. The van der Waals surface area contributed by atoms with Crippen LogP contribution in [0.25, 0.3) is 0 Å². The summed E-state index contributed by atoms with van der Waals surface area (Å²) in [5, 5.41) is 4.27. The molecule has 0 radical (unpaired) electrons. The summed E-state index contributed by atoms with van der Waals surface area (Å²) in [5.74, 6) is 2.34. The molecule has 4 heterocycles. The minimum Gasteiger partial charge on any atom is -0.490 e. The maximum atomic E-state index is 11.9. The van der Waals surface area contributed by atoms with Gasteiger partial charge in [0.05, 0.1) is 12.8 Å². The molecule has 162 valence electrons. The van der Waals surface area contributed by atoms with Gasteiger partial charge in [-0.25, -0.2) is 4.79 Å². The van der Waals surface area contributed by atoms with Crippen molar-refractivity contribution in [3.63, 3.8) is 0 Å². The fourth-order valence-electron chi connectivity index (χ4n) is 4.65. The van der Waals surface area contributed by atoms with Crippen LogP contribution in [0.15, 0.2) is 58.1 Å². The van der Waals surface area contributed by atoms with Gasteiger partial charge in [0.15, 0.2) is 5.75 Å². The first-order chi connectivity index (χ1) is 15.2. The summed E-state index contributed by atoms with van der Waals surface area (Å²) in [6, 6.07) is 12.1. The first-order valence-corrected chi connectivity index (χ1v) is 10.9. The number of nitrogens with zero attached hydrogens (tertiary/aromatic N) is 4. The third kappa shape index (κ3) is 4.37. The number of aryl methyl sites for hydroxylation is 1. The van der Waals surface area contributed by atoms with Crippen molar-refractivity contribution in [1.29, 1.82) is 0 Å². The number of rotatable bonds is 6. The van der Waals surface area contributed by atoms with Crippen molar-refractivity contribution in [3.8, 4) is 5.75 Å².